The molecule has 0 atom stereocenters. The van der Waals surface area contributed by atoms with Gasteiger partial charge in [-0.15, -0.1) is 11.3 Å². The Hall–Kier alpha value is -2.43. The lowest BCUT2D eigenvalue weighted by atomic mass is 10.2. The first-order valence-corrected chi connectivity index (χ1v) is 12.0. The van der Waals surface area contributed by atoms with E-state index in [-0.39, 0.29) is 37.6 Å². The summed E-state index contributed by atoms with van der Waals surface area (Å²) in [7, 11) is -3.51. The second-order valence-corrected chi connectivity index (χ2v) is 10.2. The Labute approximate surface area is 180 Å². The zero-order valence-corrected chi connectivity index (χ0v) is 18.5. The molecule has 0 bridgehead atoms. The molecule has 0 saturated carbocycles. The minimum atomic E-state index is -3.51. The Morgan fingerprint density at radius 1 is 1.10 bits per heavy atom. The van der Waals surface area contributed by atoms with Gasteiger partial charge in [0.15, 0.2) is 0 Å². The molecule has 2 aromatic rings. The molecule has 2 heterocycles. The third kappa shape index (κ3) is 5.38. The van der Waals surface area contributed by atoms with Crippen molar-refractivity contribution in [1.82, 2.24) is 14.5 Å². The van der Waals surface area contributed by atoms with Crippen molar-refractivity contribution in [1.29, 1.82) is 0 Å². The minimum Gasteiger partial charge on any atom is -0.491 e. The standard InChI is InChI=1S/C20H25N3O5S2/c1-15(2)28-17-7-5-16(6-8-17)20(25)21-14-18(24)22-9-11-23(12-10-22)30(26,27)19-4-3-13-29-19/h3-8,13,15H,9-12,14H2,1-2H3,(H,21,25). The summed E-state index contributed by atoms with van der Waals surface area (Å²) < 4.78 is 32.3. The highest BCUT2D eigenvalue weighted by Gasteiger charge is 2.30. The van der Waals surface area contributed by atoms with Crippen LogP contribution < -0.4 is 10.1 Å². The van der Waals surface area contributed by atoms with Crippen LogP contribution in [0.1, 0.15) is 24.2 Å². The van der Waals surface area contributed by atoms with E-state index in [0.717, 1.165) is 0 Å². The predicted octanol–water partition coefficient (Wildman–Crippen LogP) is 1.80. The number of sulfonamides is 1. The molecule has 30 heavy (non-hydrogen) atoms. The molecule has 1 aliphatic heterocycles. The van der Waals surface area contributed by atoms with E-state index in [0.29, 0.717) is 28.6 Å². The van der Waals surface area contributed by atoms with Crippen molar-refractivity contribution in [2.75, 3.05) is 32.7 Å². The van der Waals surface area contributed by atoms with Crippen LogP contribution in [0, 0.1) is 0 Å². The van der Waals surface area contributed by atoms with Crippen LogP contribution in [0.25, 0.3) is 0 Å². The number of rotatable bonds is 7. The normalized spacial score (nSPS) is 15.2. The maximum atomic E-state index is 12.5. The van der Waals surface area contributed by atoms with Crippen molar-refractivity contribution in [3.05, 3.63) is 47.3 Å². The predicted molar refractivity (Wildman–Crippen MR) is 114 cm³/mol. The summed E-state index contributed by atoms with van der Waals surface area (Å²) in [6.07, 6.45) is 0.0445. The third-order valence-corrected chi connectivity index (χ3v) is 7.84. The molecule has 0 spiro atoms. The highest BCUT2D eigenvalue weighted by atomic mass is 32.2. The van der Waals surface area contributed by atoms with Crippen LogP contribution in [0.5, 0.6) is 5.75 Å². The number of nitrogens with one attached hydrogen (secondary N) is 1. The summed E-state index contributed by atoms with van der Waals surface area (Å²) in [4.78, 5) is 26.3. The number of ether oxygens (including phenoxy) is 1. The van der Waals surface area contributed by atoms with Gasteiger partial charge < -0.3 is 15.0 Å². The van der Waals surface area contributed by atoms with E-state index in [4.69, 9.17) is 4.74 Å². The number of piperazine rings is 1. The molecule has 1 saturated heterocycles. The molecule has 1 N–H and O–H groups in total. The lowest BCUT2D eigenvalue weighted by Gasteiger charge is -2.33. The number of hydrogen-bond acceptors (Lipinski definition) is 6. The van der Waals surface area contributed by atoms with Crippen LogP contribution in [0.4, 0.5) is 0 Å². The van der Waals surface area contributed by atoms with Crippen LogP contribution in [-0.2, 0) is 14.8 Å². The fourth-order valence-electron chi connectivity index (χ4n) is 3.04. The summed E-state index contributed by atoms with van der Waals surface area (Å²) in [6, 6.07) is 9.99. The second-order valence-electron chi connectivity index (χ2n) is 7.09. The molecule has 10 heteroatoms. The van der Waals surface area contributed by atoms with Gasteiger partial charge in [-0.1, -0.05) is 6.07 Å². The van der Waals surface area contributed by atoms with Gasteiger partial charge in [0.1, 0.15) is 9.96 Å². The van der Waals surface area contributed by atoms with E-state index in [2.05, 4.69) is 5.32 Å². The molecule has 162 valence electrons. The number of benzene rings is 1. The Morgan fingerprint density at radius 2 is 1.77 bits per heavy atom. The summed E-state index contributed by atoms with van der Waals surface area (Å²) in [5.74, 6) is 0.0858. The number of nitrogens with zero attached hydrogens (tertiary/aromatic N) is 2. The van der Waals surface area contributed by atoms with Crippen molar-refractivity contribution in [2.45, 2.75) is 24.2 Å². The first-order valence-electron chi connectivity index (χ1n) is 9.63. The Kier molecular flexibility index (Phi) is 7.11. The van der Waals surface area contributed by atoms with Gasteiger partial charge in [0.2, 0.25) is 5.91 Å². The fraction of sp³-hybridized carbons (Fsp3) is 0.400. The van der Waals surface area contributed by atoms with E-state index in [9.17, 15) is 18.0 Å². The third-order valence-electron chi connectivity index (χ3n) is 4.57. The average molecular weight is 452 g/mol. The molecule has 1 aromatic heterocycles. The number of thiophene rings is 1. The molecule has 1 aliphatic rings. The molecule has 0 radical (unpaired) electrons. The van der Waals surface area contributed by atoms with Crippen LogP contribution in [-0.4, -0.2) is 68.3 Å². The monoisotopic (exact) mass is 451 g/mol. The second kappa shape index (κ2) is 9.59. The van der Waals surface area contributed by atoms with Crippen LogP contribution in [0.3, 0.4) is 0 Å². The Balaban J connectivity index is 1.47. The highest BCUT2D eigenvalue weighted by Crippen LogP contribution is 2.22. The number of carbonyl (C=O) groups is 2. The first kappa shape index (κ1) is 22.3. The summed E-state index contributed by atoms with van der Waals surface area (Å²) in [5.41, 5.74) is 0.436. The number of amides is 2. The van der Waals surface area contributed by atoms with Gasteiger partial charge in [0, 0.05) is 31.7 Å². The molecule has 3 rings (SSSR count). The van der Waals surface area contributed by atoms with Crippen molar-refractivity contribution >= 4 is 33.2 Å². The number of carbonyl (C=O) groups excluding carboxylic acids is 2. The topological polar surface area (TPSA) is 96.0 Å². The van der Waals surface area contributed by atoms with Crippen LogP contribution in [0.15, 0.2) is 46.0 Å². The lowest BCUT2D eigenvalue weighted by molar-refractivity contribution is -0.131. The van der Waals surface area contributed by atoms with Gasteiger partial charge >= 0.3 is 0 Å². The molecule has 0 unspecified atom stereocenters. The van der Waals surface area contributed by atoms with E-state index < -0.39 is 10.0 Å². The Bertz CT molecular complexity index is 964. The maximum Gasteiger partial charge on any atom is 0.252 e. The average Bonchev–Trinajstić information content (AvgIpc) is 3.28. The van der Waals surface area contributed by atoms with Gasteiger partial charge in [-0.25, -0.2) is 8.42 Å². The van der Waals surface area contributed by atoms with Gasteiger partial charge in [-0.3, -0.25) is 9.59 Å². The maximum absolute atomic E-state index is 12.5. The van der Waals surface area contributed by atoms with Crippen molar-refractivity contribution in [3.63, 3.8) is 0 Å². The zero-order chi connectivity index (χ0) is 21.7. The molecular formula is C20H25N3O5S2. The summed E-state index contributed by atoms with van der Waals surface area (Å²) in [5, 5.41) is 4.34. The first-order chi connectivity index (χ1) is 14.3. The van der Waals surface area contributed by atoms with Gasteiger partial charge in [-0.05, 0) is 49.6 Å². The highest BCUT2D eigenvalue weighted by molar-refractivity contribution is 7.91. The minimum absolute atomic E-state index is 0.0445. The molecule has 0 aliphatic carbocycles. The molecule has 8 nitrogen and oxygen atoms in total. The quantitative estimate of drug-likeness (QED) is 0.693. The van der Waals surface area contributed by atoms with E-state index in [1.54, 1.807) is 46.7 Å². The van der Waals surface area contributed by atoms with Crippen LogP contribution >= 0.6 is 11.3 Å². The van der Waals surface area contributed by atoms with Crippen molar-refractivity contribution < 1.29 is 22.7 Å². The van der Waals surface area contributed by atoms with Gasteiger partial charge in [0.25, 0.3) is 15.9 Å². The molecular weight excluding hydrogens is 426 g/mol. The Morgan fingerprint density at radius 3 is 2.33 bits per heavy atom. The largest absolute Gasteiger partial charge is 0.491 e. The summed E-state index contributed by atoms with van der Waals surface area (Å²) in [6.45, 7) is 4.75. The van der Waals surface area contributed by atoms with Gasteiger partial charge in [-0.2, -0.15) is 4.31 Å². The van der Waals surface area contributed by atoms with Gasteiger partial charge in [0.05, 0.1) is 12.6 Å². The SMILES string of the molecule is CC(C)Oc1ccc(C(=O)NCC(=O)N2CCN(S(=O)(=O)c3cccs3)CC2)cc1. The molecule has 2 amide bonds. The summed E-state index contributed by atoms with van der Waals surface area (Å²) >= 11 is 1.18. The lowest BCUT2D eigenvalue weighted by Crippen LogP contribution is -2.52. The zero-order valence-electron chi connectivity index (χ0n) is 16.9. The molecule has 1 aromatic carbocycles. The van der Waals surface area contributed by atoms with E-state index in [1.807, 2.05) is 13.8 Å². The van der Waals surface area contributed by atoms with Crippen molar-refractivity contribution in [3.8, 4) is 5.75 Å². The smallest absolute Gasteiger partial charge is 0.252 e. The van der Waals surface area contributed by atoms with E-state index in [1.165, 1.54) is 15.6 Å². The van der Waals surface area contributed by atoms with Crippen LogP contribution in [0.2, 0.25) is 0 Å². The van der Waals surface area contributed by atoms with Crippen molar-refractivity contribution in [2.24, 2.45) is 0 Å². The van der Waals surface area contributed by atoms with E-state index >= 15 is 0 Å². The number of hydrogen-bond donors (Lipinski definition) is 1. The molecule has 1 fully saturated rings. The fourth-order valence-corrected chi connectivity index (χ4v) is 5.61.